The van der Waals surface area contributed by atoms with Crippen LogP contribution in [-0.4, -0.2) is 29.9 Å². The third-order valence-corrected chi connectivity index (χ3v) is 6.23. The van der Waals surface area contributed by atoms with Gasteiger partial charge >= 0.3 is 0 Å². The Labute approximate surface area is 163 Å². The zero-order valence-electron chi connectivity index (χ0n) is 15.7. The molecule has 2 fully saturated rings. The number of furan rings is 1. The summed E-state index contributed by atoms with van der Waals surface area (Å²) in [4.78, 5) is 15.1. The first-order valence-electron chi connectivity index (χ1n) is 9.99. The van der Waals surface area contributed by atoms with Gasteiger partial charge in [0.1, 0.15) is 11.4 Å². The molecule has 1 aromatic heterocycles. The van der Waals surface area contributed by atoms with Gasteiger partial charge < -0.3 is 14.6 Å². The van der Waals surface area contributed by atoms with E-state index in [4.69, 9.17) is 4.42 Å². The molecule has 1 N–H and O–H groups in total. The molecular formula is C23H23FN2O2. The van der Waals surface area contributed by atoms with E-state index < -0.39 is 0 Å². The summed E-state index contributed by atoms with van der Waals surface area (Å²) in [5.41, 5.74) is 3.26. The van der Waals surface area contributed by atoms with Gasteiger partial charge in [0.25, 0.3) is 5.91 Å². The minimum absolute atomic E-state index is 0.247. The van der Waals surface area contributed by atoms with Gasteiger partial charge in [-0.05, 0) is 87.2 Å². The zero-order chi connectivity index (χ0) is 19.1. The fourth-order valence-electron chi connectivity index (χ4n) is 4.75. The van der Waals surface area contributed by atoms with E-state index in [1.807, 2.05) is 24.5 Å². The third kappa shape index (κ3) is 3.20. The Morgan fingerprint density at radius 2 is 1.96 bits per heavy atom. The van der Waals surface area contributed by atoms with Crippen LogP contribution < -0.4 is 5.32 Å². The highest BCUT2D eigenvalue weighted by atomic mass is 19.1. The Hall–Kier alpha value is -2.66. The summed E-state index contributed by atoms with van der Waals surface area (Å²) in [5.74, 6) is -0.0957. The first-order valence-corrected chi connectivity index (χ1v) is 9.99. The number of hydrogen-bond acceptors (Lipinski definition) is 3. The van der Waals surface area contributed by atoms with Gasteiger partial charge in [-0.3, -0.25) is 4.79 Å². The number of rotatable bonds is 3. The Bertz CT molecular complexity index is 1010. The molecule has 2 unspecified atom stereocenters. The van der Waals surface area contributed by atoms with Gasteiger partial charge in [-0.15, -0.1) is 0 Å². The molecule has 2 atom stereocenters. The predicted molar refractivity (Wildman–Crippen MR) is 107 cm³/mol. The molecule has 0 saturated carbocycles. The summed E-state index contributed by atoms with van der Waals surface area (Å²) < 4.78 is 18.9. The lowest BCUT2D eigenvalue weighted by atomic mass is 9.85. The molecule has 5 rings (SSSR count). The van der Waals surface area contributed by atoms with Crippen LogP contribution in [-0.2, 0) is 0 Å². The van der Waals surface area contributed by atoms with Crippen molar-refractivity contribution in [3.63, 3.8) is 0 Å². The number of carbonyl (C=O) groups is 1. The number of hydrogen-bond donors (Lipinski definition) is 1. The lowest BCUT2D eigenvalue weighted by molar-refractivity contribution is 0.102. The molecule has 28 heavy (non-hydrogen) atoms. The summed E-state index contributed by atoms with van der Waals surface area (Å²) in [5, 5.41) is 3.99. The Balaban J connectivity index is 1.39. The van der Waals surface area contributed by atoms with Gasteiger partial charge in [0.2, 0.25) is 0 Å². The van der Waals surface area contributed by atoms with Gasteiger partial charge in [0.15, 0.2) is 0 Å². The van der Waals surface area contributed by atoms with E-state index >= 15 is 0 Å². The topological polar surface area (TPSA) is 45.5 Å². The number of amides is 1. The molecule has 3 aromatic rings. The van der Waals surface area contributed by atoms with Crippen LogP contribution in [0.3, 0.4) is 0 Å². The second kappa shape index (κ2) is 7.06. The number of fused-ring (bicyclic) bond motifs is 2. The molecule has 144 valence electrons. The van der Waals surface area contributed by atoms with Crippen molar-refractivity contribution in [1.29, 1.82) is 0 Å². The van der Waals surface area contributed by atoms with Crippen LogP contribution in [0.25, 0.3) is 11.0 Å². The molecule has 0 radical (unpaired) electrons. The number of nitrogens with one attached hydrogen (secondary N) is 1. The standard InChI is InChI=1S/C23H23FN2O2/c24-17-5-3-15(4-6-17)23(27)25-18-7-8-22-20(13-18)21(14-28-22)16-9-11-26-10-1-2-19(26)12-16/h3-8,13-14,16,19H,1-2,9-12H2,(H,25,27). The maximum atomic E-state index is 13.1. The van der Waals surface area contributed by atoms with Gasteiger partial charge in [0.05, 0.1) is 6.26 Å². The largest absolute Gasteiger partial charge is 0.464 e. The molecule has 2 aromatic carbocycles. The predicted octanol–water partition coefficient (Wildman–Crippen LogP) is 5.17. The van der Waals surface area contributed by atoms with E-state index in [0.29, 0.717) is 17.5 Å². The third-order valence-electron chi connectivity index (χ3n) is 6.23. The van der Waals surface area contributed by atoms with E-state index in [1.54, 1.807) is 0 Å². The van der Waals surface area contributed by atoms with Crippen LogP contribution in [0.5, 0.6) is 0 Å². The molecule has 4 nitrogen and oxygen atoms in total. The SMILES string of the molecule is O=C(Nc1ccc2occ(C3CCN4CCCC4C3)c2c1)c1ccc(F)cc1. The minimum Gasteiger partial charge on any atom is -0.464 e. The second-order valence-corrected chi connectivity index (χ2v) is 7.92. The van der Waals surface area contributed by atoms with Crippen LogP contribution in [0.4, 0.5) is 10.1 Å². The van der Waals surface area contributed by atoms with Gasteiger partial charge in [0, 0.05) is 28.2 Å². The normalized spacial score (nSPS) is 22.3. The summed E-state index contributed by atoms with van der Waals surface area (Å²) in [6, 6.07) is 12.0. The van der Waals surface area contributed by atoms with Crippen LogP contribution >= 0.6 is 0 Å². The number of nitrogens with zero attached hydrogens (tertiary/aromatic N) is 1. The van der Waals surface area contributed by atoms with Gasteiger partial charge in [-0.1, -0.05) is 0 Å². The van der Waals surface area contributed by atoms with Crippen LogP contribution in [0.15, 0.2) is 53.1 Å². The summed E-state index contributed by atoms with van der Waals surface area (Å²) in [7, 11) is 0. The Morgan fingerprint density at radius 1 is 1.11 bits per heavy atom. The number of halogens is 1. The average Bonchev–Trinajstić information content (AvgIpc) is 3.34. The van der Waals surface area contributed by atoms with Gasteiger partial charge in [-0.25, -0.2) is 4.39 Å². The summed E-state index contributed by atoms with van der Waals surface area (Å²) >= 11 is 0. The molecule has 5 heteroatoms. The van der Waals surface area contributed by atoms with Crippen molar-refractivity contribution >= 4 is 22.6 Å². The lowest BCUT2D eigenvalue weighted by Gasteiger charge is -2.34. The zero-order valence-corrected chi connectivity index (χ0v) is 15.7. The first-order chi connectivity index (χ1) is 13.7. The van der Waals surface area contributed by atoms with E-state index in [1.165, 1.54) is 55.6 Å². The highest BCUT2D eigenvalue weighted by Gasteiger charge is 2.33. The lowest BCUT2D eigenvalue weighted by Crippen LogP contribution is -2.37. The number of piperidine rings is 1. The molecule has 2 aliphatic heterocycles. The van der Waals surface area contributed by atoms with Crippen LogP contribution in [0.2, 0.25) is 0 Å². The van der Waals surface area contributed by atoms with E-state index in [2.05, 4.69) is 10.2 Å². The maximum absolute atomic E-state index is 13.1. The number of anilines is 1. The van der Waals surface area contributed by atoms with Crippen molar-refractivity contribution in [2.24, 2.45) is 0 Å². The second-order valence-electron chi connectivity index (χ2n) is 7.92. The molecule has 0 spiro atoms. The molecule has 1 amide bonds. The smallest absolute Gasteiger partial charge is 0.255 e. The highest BCUT2D eigenvalue weighted by molar-refractivity contribution is 6.05. The monoisotopic (exact) mass is 378 g/mol. The number of benzene rings is 2. The van der Waals surface area contributed by atoms with Crippen LogP contribution in [0, 0.1) is 5.82 Å². The van der Waals surface area contributed by atoms with Crippen molar-refractivity contribution in [1.82, 2.24) is 4.90 Å². The quantitative estimate of drug-likeness (QED) is 0.684. The average molecular weight is 378 g/mol. The van der Waals surface area contributed by atoms with Crippen molar-refractivity contribution in [2.75, 3.05) is 18.4 Å². The molecular weight excluding hydrogens is 355 g/mol. The molecule has 2 saturated heterocycles. The summed E-state index contributed by atoms with van der Waals surface area (Å²) in [6.45, 7) is 2.39. The minimum atomic E-state index is -0.352. The summed E-state index contributed by atoms with van der Waals surface area (Å²) in [6.07, 6.45) is 6.83. The fraction of sp³-hybridized carbons (Fsp3) is 0.348. The van der Waals surface area contributed by atoms with E-state index in [-0.39, 0.29) is 11.7 Å². The van der Waals surface area contributed by atoms with Crippen LogP contribution in [0.1, 0.15) is 47.5 Å². The van der Waals surface area contributed by atoms with Crippen molar-refractivity contribution < 1.29 is 13.6 Å². The first kappa shape index (κ1) is 17.4. The number of carbonyl (C=O) groups excluding carboxylic acids is 1. The van der Waals surface area contributed by atoms with Gasteiger partial charge in [-0.2, -0.15) is 0 Å². The van der Waals surface area contributed by atoms with Crippen molar-refractivity contribution in [3.05, 3.63) is 65.7 Å². The molecule has 0 bridgehead atoms. The Morgan fingerprint density at radius 3 is 2.82 bits per heavy atom. The fourth-order valence-corrected chi connectivity index (χ4v) is 4.75. The maximum Gasteiger partial charge on any atom is 0.255 e. The molecule has 3 heterocycles. The molecule has 0 aliphatic carbocycles. The van der Waals surface area contributed by atoms with E-state index in [9.17, 15) is 9.18 Å². The van der Waals surface area contributed by atoms with Crippen molar-refractivity contribution in [2.45, 2.75) is 37.6 Å². The van der Waals surface area contributed by atoms with Crippen molar-refractivity contribution in [3.8, 4) is 0 Å². The Kier molecular flexibility index (Phi) is 4.40. The molecule has 2 aliphatic rings. The van der Waals surface area contributed by atoms with E-state index in [0.717, 1.165) is 29.6 Å². The highest BCUT2D eigenvalue weighted by Crippen LogP contribution is 2.40.